The lowest BCUT2D eigenvalue weighted by molar-refractivity contribution is -0.110. The molecule has 0 spiro atoms. The Morgan fingerprint density at radius 2 is 0.677 bits per heavy atom. The fraction of sp³-hybridized carbons (Fsp3) is 0.750. The highest BCUT2D eigenvalue weighted by Crippen LogP contribution is 2.23. The maximum absolute atomic E-state index is 10.5. The fourth-order valence-corrected chi connectivity index (χ4v) is 6.06. The van der Waals surface area contributed by atoms with Gasteiger partial charge in [-0.3, -0.25) is 0 Å². The second-order valence-electron chi connectivity index (χ2n) is 17.4. The molecule has 17 nitrogen and oxygen atoms in total. The lowest BCUT2D eigenvalue weighted by Crippen LogP contribution is -2.36. The van der Waals surface area contributed by atoms with E-state index in [2.05, 4.69) is 10.6 Å². The first-order valence-corrected chi connectivity index (χ1v) is 23.1. The number of aliphatic hydroxyl groups is 4. The number of aliphatic hydroxyl groups excluding tert-OH is 4. The van der Waals surface area contributed by atoms with Crippen LogP contribution in [0.15, 0.2) is 36.4 Å². The van der Waals surface area contributed by atoms with Crippen LogP contribution in [0.4, 0.5) is 0 Å². The average Bonchev–Trinajstić information content (AvgIpc) is 3.29. The van der Waals surface area contributed by atoms with Crippen molar-refractivity contribution >= 4 is 0 Å². The van der Waals surface area contributed by atoms with E-state index >= 15 is 0 Å². The molecule has 12 atom stereocenters. The van der Waals surface area contributed by atoms with Crippen molar-refractivity contribution in [2.75, 3.05) is 79.2 Å². The minimum Gasteiger partial charge on any atom is -0.508 e. The van der Waals surface area contributed by atoms with E-state index in [1.54, 1.807) is 24.3 Å². The maximum atomic E-state index is 10.5. The molecule has 2 aromatic carbocycles. The minimum absolute atomic E-state index is 0.000209. The number of phenols is 2. The van der Waals surface area contributed by atoms with Crippen molar-refractivity contribution in [1.29, 1.82) is 0 Å². The van der Waals surface area contributed by atoms with Crippen LogP contribution >= 0.6 is 0 Å². The Labute approximate surface area is 388 Å². The summed E-state index contributed by atoms with van der Waals surface area (Å²) < 4.78 is 53.4. The zero-order valence-electron chi connectivity index (χ0n) is 40.6. The van der Waals surface area contributed by atoms with E-state index in [9.17, 15) is 30.6 Å². The predicted molar refractivity (Wildman–Crippen MR) is 247 cm³/mol. The number of ether oxygens (including phenoxy) is 9. The molecule has 0 saturated heterocycles. The molecular formula is C48H84N2O15. The zero-order chi connectivity index (χ0) is 48.3. The van der Waals surface area contributed by atoms with E-state index in [-0.39, 0.29) is 85.6 Å². The summed E-state index contributed by atoms with van der Waals surface area (Å²) in [6.07, 6.45) is -2.63. The molecule has 0 aliphatic carbocycles. The quantitative estimate of drug-likeness (QED) is 0.0475. The van der Waals surface area contributed by atoms with Crippen LogP contribution in [0.25, 0.3) is 0 Å². The monoisotopic (exact) mass is 929 g/mol. The molecule has 8 N–H and O–H groups in total. The zero-order valence-corrected chi connectivity index (χ0v) is 40.6. The fourth-order valence-electron chi connectivity index (χ4n) is 6.06. The van der Waals surface area contributed by atoms with Gasteiger partial charge in [-0.25, -0.2) is 0 Å². The van der Waals surface area contributed by atoms with Crippen molar-refractivity contribution in [3.05, 3.63) is 58.7 Å². The smallest absolute Gasteiger partial charge is 0.121 e. The molecule has 0 aliphatic rings. The Morgan fingerprint density at radius 1 is 0.400 bits per heavy atom. The molecule has 2 aromatic rings. The van der Waals surface area contributed by atoms with Crippen LogP contribution in [0.2, 0.25) is 0 Å². The van der Waals surface area contributed by atoms with E-state index in [1.807, 2.05) is 69.2 Å². The van der Waals surface area contributed by atoms with Crippen LogP contribution in [0, 0.1) is 0 Å². The van der Waals surface area contributed by atoms with Crippen molar-refractivity contribution in [3.63, 3.8) is 0 Å². The van der Waals surface area contributed by atoms with Crippen LogP contribution < -0.4 is 10.6 Å². The van der Waals surface area contributed by atoms with Crippen molar-refractivity contribution in [2.24, 2.45) is 0 Å². The summed E-state index contributed by atoms with van der Waals surface area (Å²) >= 11 is 0. The number of hydrogen-bond donors (Lipinski definition) is 8. The highest BCUT2D eigenvalue weighted by molar-refractivity contribution is 5.37. The van der Waals surface area contributed by atoms with Crippen molar-refractivity contribution in [2.45, 2.75) is 156 Å². The number of rotatable bonds is 38. The molecule has 0 bridgehead atoms. The van der Waals surface area contributed by atoms with E-state index in [0.717, 1.165) is 0 Å². The van der Waals surface area contributed by atoms with Crippen LogP contribution in [-0.2, 0) is 55.8 Å². The van der Waals surface area contributed by atoms with Gasteiger partial charge >= 0.3 is 0 Å². The molecule has 0 saturated carbocycles. The molecule has 0 fully saturated rings. The van der Waals surface area contributed by atoms with Gasteiger partial charge in [0.2, 0.25) is 0 Å². The van der Waals surface area contributed by atoms with Gasteiger partial charge in [0, 0.05) is 36.3 Å². The molecule has 17 heteroatoms. The Kier molecular flexibility index (Phi) is 29.8. The number of hydrogen-bond acceptors (Lipinski definition) is 17. The number of aromatic hydroxyl groups is 2. The number of nitrogens with one attached hydrogen (secondary N) is 2. The third kappa shape index (κ3) is 26.0. The SMILES string of the molecule is CC(COCC(C)OCC(C)OCC(C)OCC(C)OCC(C)OCC(C)OCC(C)OCC(C)OCC(C)NCC(O)c1ccc(O)c(CO)c1)NCC(O)c1ccc(O)c(CO)c1. The lowest BCUT2D eigenvalue weighted by atomic mass is 10.1. The Morgan fingerprint density at radius 3 is 0.985 bits per heavy atom. The van der Waals surface area contributed by atoms with Gasteiger partial charge < -0.3 is 83.9 Å². The van der Waals surface area contributed by atoms with Crippen LogP contribution in [-0.4, -0.2) is 171 Å². The highest BCUT2D eigenvalue weighted by Gasteiger charge is 2.18. The molecule has 65 heavy (non-hydrogen) atoms. The van der Waals surface area contributed by atoms with Gasteiger partial charge in [-0.2, -0.15) is 0 Å². The Balaban J connectivity index is 1.46. The molecule has 2 rings (SSSR count). The molecule has 0 aromatic heterocycles. The number of benzene rings is 2. The standard InChI is InChI=1S/C48H84N2O15/c1-31(49-17-47(55)41-11-13-45(53)43(15-41)19-51)21-57-23-33(3)59-25-35(5)61-27-37(7)63-29-39(9)65-30-40(10)64-28-38(8)62-26-36(6)60-24-34(4)58-22-32(2)50-18-48(56)42-12-14-46(54)44(16-42)20-52/h11-16,31-40,47-56H,17-30H2,1-10H3. The first-order chi connectivity index (χ1) is 30.9. The Hall–Kier alpha value is -2.56. The second-order valence-corrected chi connectivity index (χ2v) is 17.4. The summed E-state index contributed by atoms with van der Waals surface area (Å²) in [5, 5.41) is 65.7. The van der Waals surface area contributed by atoms with Gasteiger partial charge in [0.25, 0.3) is 0 Å². The largest absolute Gasteiger partial charge is 0.508 e. The summed E-state index contributed by atoms with van der Waals surface area (Å²) in [6, 6.07) is 9.37. The summed E-state index contributed by atoms with van der Waals surface area (Å²) in [6.45, 7) is 23.8. The van der Waals surface area contributed by atoms with Crippen LogP contribution in [0.3, 0.4) is 0 Å². The van der Waals surface area contributed by atoms with E-state index in [4.69, 9.17) is 42.6 Å². The minimum atomic E-state index is -0.790. The summed E-state index contributed by atoms with van der Waals surface area (Å²) in [5.74, 6) is 0.000734. The third-order valence-corrected chi connectivity index (χ3v) is 10.3. The molecular weight excluding hydrogens is 845 g/mol. The molecule has 0 aliphatic heterocycles. The van der Waals surface area contributed by atoms with Gasteiger partial charge in [0.05, 0.1) is 140 Å². The van der Waals surface area contributed by atoms with Crippen molar-refractivity contribution in [3.8, 4) is 11.5 Å². The molecule has 0 radical (unpaired) electrons. The van der Waals surface area contributed by atoms with Gasteiger partial charge in [-0.1, -0.05) is 12.1 Å². The maximum Gasteiger partial charge on any atom is 0.121 e. The Bertz CT molecular complexity index is 1530. The summed E-state index contributed by atoms with van der Waals surface area (Å²) in [7, 11) is 0. The molecule has 12 unspecified atom stereocenters. The third-order valence-electron chi connectivity index (χ3n) is 10.3. The molecule has 376 valence electrons. The normalized spacial score (nSPS) is 17.7. The first kappa shape index (κ1) is 58.6. The van der Waals surface area contributed by atoms with E-state index < -0.39 is 12.2 Å². The second kappa shape index (κ2) is 33.0. The summed E-state index contributed by atoms with van der Waals surface area (Å²) in [5.41, 5.74) is 1.97. The van der Waals surface area contributed by atoms with Gasteiger partial charge in [-0.05, 0) is 105 Å². The van der Waals surface area contributed by atoms with Gasteiger partial charge in [-0.15, -0.1) is 0 Å². The van der Waals surface area contributed by atoms with E-state index in [0.29, 0.717) is 101 Å². The van der Waals surface area contributed by atoms with Crippen LogP contribution in [0.5, 0.6) is 11.5 Å². The molecule has 0 heterocycles. The van der Waals surface area contributed by atoms with Crippen molar-refractivity contribution in [1.82, 2.24) is 10.6 Å². The summed E-state index contributed by atoms with van der Waals surface area (Å²) in [4.78, 5) is 0. The molecule has 0 amide bonds. The van der Waals surface area contributed by atoms with E-state index in [1.165, 1.54) is 12.1 Å². The first-order valence-electron chi connectivity index (χ1n) is 23.1. The van der Waals surface area contributed by atoms with Crippen LogP contribution in [0.1, 0.15) is 104 Å². The highest BCUT2D eigenvalue weighted by atomic mass is 16.6. The van der Waals surface area contributed by atoms with Gasteiger partial charge in [0.1, 0.15) is 11.5 Å². The predicted octanol–water partition coefficient (Wildman–Crippen LogP) is 4.06. The van der Waals surface area contributed by atoms with Gasteiger partial charge in [0.15, 0.2) is 0 Å². The average molecular weight is 929 g/mol. The lowest BCUT2D eigenvalue weighted by Gasteiger charge is -2.23. The topological polar surface area (TPSA) is 229 Å². The van der Waals surface area contributed by atoms with Crippen molar-refractivity contribution < 1.29 is 73.3 Å².